The van der Waals surface area contributed by atoms with Gasteiger partial charge in [0.2, 0.25) is 5.78 Å². The number of Topliss-reactive ketones (excluding diaryl/α,β-unsaturated/α-hetero) is 3. The maximum absolute atomic E-state index is 13.8. The molecule has 0 heterocycles. The zero-order valence-electron chi connectivity index (χ0n) is 20.6. The molecule has 4 unspecified atom stereocenters. The van der Waals surface area contributed by atoms with Crippen LogP contribution in [-0.4, -0.2) is 99.2 Å². The minimum atomic E-state index is -2.76. The van der Waals surface area contributed by atoms with Crippen LogP contribution < -0.4 is 5.73 Å². The number of phenols is 1. The lowest BCUT2D eigenvalue weighted by molar-refractivity contribution is -0.153. The number of ketones is 3. The van der Waals surface area contributed by atoms with Crippen LogP contribution in [0.4, 0.5) is 0 Å². The van der Waals surface area contributed by atoms with Crippen LogP contribution in [0.1, 0.15) is 27.9 Å². The molecule has 1 aromatic carbocycles. The quantitative estimate of drug-likeness (QED) is 0.194. The first-order chi connectivity index (χ1) is 17.2. The highest BCUT2D eigenvalue weighted by Crippen LogP contribution is 2.52. The van der Waals surface area contributed by atoms with Crippen molar-refractivity contribution in [3.63, 3.8) is 0 Å². The van der Waals surface area contributed by atoms with E-state index in [4.69, 9.17) is 5.73 Å². The van der Waals surface area contributed by atoms with Gasteiger partial charge in [0.05, 0.1) is 11.6 Å². The van der Waals surface area contributed by atoms with E-state index in [0.717, 1.165) is 11.0 Å². The smallest absolute Gasteiger partial charge is 0.294 e. The first kappa shape index (κ1) is 26.0. The number of rotatable bonds is 4. The van der Waals surface area contributed by atoms with E-state index in [9.17, 15) is 44.4 Å². The van der Waals surface area contributed by atoms with Crippen LogP contribution >= 0.6 is 0 Å². The zero-order chi connectivity index (χ0) is 27.7. The van der Waals surface area contributed by atoms with Crippen LogP contribution in [0.2, 0.25) is 0 Å². The number of nitrogens with zero attached hydrogens (tertiary/aromatic N) is 2. The highest BCUT2D eigenvalue weighted by molar-refractivity contribution is 6.43. The van der Waals surface area contributed by atoms with Gasteiger partial charge >= 0.3 is 0 Å². The SMILES string of the molecule is CN(C)C(=O)C(=O)c1ccc(O)c2c1CC1CC3C(N(C)C)C(=O)C(C(N)=O)=C(O)C3(O)C(=O)C1=C2O. The van der Waals surface area contributed by atoms with Gasteiger partial charge in [-0.3, -0.25) is 28.9 Å². The first-order valence-electron chi connectivity index (χ1n) is 11.4. The van der Waals surface area contributed by atoms with Crippen LogP contribution in [0.15, 0.2) is 29.0 Å². The number of benzene rings is 1. The standard InChI is InChI=1S/C25H27N3O9/c1-27(2)17-12-8-9-7-11-10(18(30)24(36)28(3)4)5-6-13(29)15(11)19(31)14(9)21(33)25(12,37)22(34)16(20(17)32)23(26)35/h5-6,9,12,17,29,31,34,37H,7-8H2,1-4H3,(H2,26,35). The summed E-state index contributed by atoms with van der Waals surface area (Å²) in [7, 11) is 5.78. The summed E-state index contributed by atoms with van der Waals surface area (Å²) in [4.78, 5) is 66.6. The summed E-state index contributed by atoms with van der Waals surface area (Å²) in [5.74, 6) is -9.57. The number of carbonyl (C=O) groups excluding carboxylic acids is 5. The highest BCUT2D eigenvalue weighted by atomic mass is 16.3. The van der Waals surface area contributed by atoms with Crippen molar-refractivity contribution in [3.05, 3.63) is 45.7 Å². The zero-order valence-corrected chi connectivity index (χ0v) is 20.6. The summed E-state index contributed by atoms with van der Waals surface area (Å²) >= 11 is 0. The molecule has 0 spiro atoms. The third-order valence-corrected chi connectivity index (χ3v) is 7.45. The third-order valence-electron chi connectivity index (χ3n) is 7.45. The van der Waals surface area contributed by atoms with Gasteiger partial charge in [-0.1, -0.05) is 0 Å². The summed E-state index contributed by atoms with van der Waals surface area (Å²) < 4.78 is 0. The summed E-state index contributed by atoms with van der Waals surface area (Å²) in [6.45, 7) is 0. The van der Waals surface area contributed by atoms with Gasteiger partial charge in [-0.2, -0.15) is 0 Å². The van der Waals surface area contributed by atoms with E-state index < -0.39 is 75.5 Å². The average molecular weight is 514 g/mol. The number of carbonyl (C=O) groups is 5. The highest BCUT2D eigenvalue weighted by Gasteiger charge is 2.64. The Morgan fingerprint density at radius 2 is 1.68 bits per heavy atom. The molecule has 4 rings (SSSR count). The Balaban J connectivity index is 1.96. The van der Waals surface area contributed by atoms with Crippen molar-refractivity contribution in [1.82, 2.24) is 9.80 Å². The number of nitrogens with two attached hydrogens (primary N) is 1. The fraction of sp³-hybridized carbons (Fsp3) is 0.400. The number of likely N-dealkylation sites (N-methyl/N-ethyl adjacent to an activating group) is 2. The largest absolute Gasteiger partial charge is 0.508 e. The van der Waals surface area contributed by atoms with Gasteiger partial charge in [0.25, 0.3) is 17.6 Å². The molecule has 1 fully saturated rings. The molecule has 3 aliphatic carbocycles. The lowest BCUT2D eigenvalue weighted by Gasteiger charge is -2.50. The molecular formula is C25H27N3O9. The van der Waals surface area contributed by atoms with Gasteiger partial charge in [0.15, 0.2) is 11.4 Å². The Morgan fingerprint density at radius 3 is 2.22 bits per heavy atom. The van der Waals surface area contributed by atoms with Crippen molar-refractivity contribution in [2.45, 2.75) is 24.5 Å². The molecule has 2 amide bonds. The summed E-state index contributed by atoms with van der Waals surface area (Å²) in [6.07, 6.45) is -0.221. The van der Waals surface area contributed by atoms with Crippen LogP contribution in [0.3, 0.4) is 0 Å². The summed E-state index contributed by atoms with van der Waals surface area (Å²) in [5, 5.41) is 44.1. The second-order valence-electron chi connectivity index (χ2n) is 9.98. The molecule has 6 N–H and O–H groups in total. The van der Waals surface area contributed by atoms with E-state index in [1.807, 2.05) is 0 Å². The van der Waals surface area contributed by atoms with Gasteiger partial charge in [0.1, 0.15) is 22.8 Å². The van der Waals surface area contributed by atoms with Crippen molar-refractivity contribution in [2.75, 3.05) is 28.2 Å². The lowest BCUT2D eigenvalue weighted by atomic mass is 9.57. The molecule has 0 aliphatic heterocycles. The van der Waals surface area contributed by atoms with Crippen LogP contribution in [0.5, 0.6) is 5.75 Å². The molecule has 1 aromatic rings. The molecule has 0 radical (unpaired) electrons. The van der Waals surface area contributed by atoms with Crippen molar-refractivity contribution >= 4 is 34.9 Å². The number of aliphatic hydroxyl groups excluding tert-OH is 2. The van der Waals surface area contributed by atoms with Gasteiger partial charge in [0, 0.05) is 31.1 Å². The van der Waals surface area contributed by atoms with Gasteiger partial charge in [-0.25, -0.2) is 0 Å². The molecule has 0 aromatic heterocycles. The topological polar surface area (TPSA) is 199 Å². The molecule has 196 valence electrons. The predicted molar refractivity (Wildman–Crippen MR) is 127 cm³/mol. The number of aromatic hydroxyl groups is 1. The molecule has 12 heteroatoms. The number of amides is 2. The molecule has 0 bridgehead atoms. The normalized spacial score (nSPS) is 27.0. The lowest BCUT2D eigenvalue weighted by Crippen LogP contribution is -2.65. The van der Waals surface area contributed by atoms with E-state index in [1.54, 1.807) is 0 Å². The first-order valence-corrected chi connectivity index (χ1v) is 11.4. The van der Waals surface area contributed by atoms with Crippen LogP contribution in [0.25, 0.3) is 5.76 Å². The van der Waals surface area contributed by atoms with E-state index in [-0.39, 0.29) is 35.1 Å². The third kappa shape index (κ3) is 3.47. The van der Waals surface area contributed by atoms with E-state index in [1.165, 1.54) is 39.2 Å². The van der Waals surface area contributed by atoms with E-state index in [0.29, 0.717) is 0 Å². The van der Waals surface area contributed by atoms with Gasteiger partial charge in [-0.05, 0) is 50.6 Å². The van der Waals surface area contributed by atoms with Gasteiger partial charge in [-0.15, -0.1) is 0 Å². The number of hydrogen-bond donors (Lipinski definition) is 5. The Kier molecular flexibility index (Phi) is 6.00. The Bertz CT molecular complexity index is 1360. The van der Waals surface area contributed by atoms with Crippen molar-refractivity contribution < 1.29 is 44.4 Å². The van der Waals surface area contributed by atoms with Crippen molar-refractivity contribution in [1.29, 1.82) is 0 Å². The number of phenolic OH excluding ortho intramolecular Hbond substituents is 1. The summed E-state index contributed by atoms with van der Waals surface area (Å²) in [5.41, 5.74) is 1.09. The fourth-order valence-electron chi connectivity index (χ4n) is 5.78. The van der Waals surface area contributed by atoms with Crippen LogP contribution in [0, 0.1) is 11.8 Å². The maximum Gasteiger partial charge on any atom is 0.294 e. The average Bonchev–Trinajstić information content (AvgIpc) is 2.80. The van der Waals surface area contributed by atoms with Gasteiger partial charge < -0.3 is 31.1 Å². The van der Waals surface area contributed by atoms with E-state index in [2.05, 4.69) is 0 Å². The molecule has 3 aliphatic rings. The minimum Gasteiger partial charge on any atom is -0.508 e. The van der Waals surface area contributed by atoms with Crippen LogP contribution in [-0.2, 0) is 25.6 Å². The minimum absolute atomic E-state index is 0.0759. The molecule has 12 nitrogen and oxygen atoms in total. The molecular weight excluding hydrogens is 486 g/mol. The number of aliphatic hydroxyl groups is 3. The number of primary amides is 1. The molecule has 4 atom stereocenters. The number of fused-ring (bicyclic) bond motifs is 3. The Morgan fingerprint density at radius 1 is 1.05 bits per heavy atom. The van der Waals surface area contributed by atoms with Crippen molar-refractivity contribution in [2.24, 2.45) is 17.6 Å². The Hall–Kier alpha value is -4.03. The molecule has 0 saturated heterocycles. The maximum atomic E-state index is 13.8. The summed E-state index contributed by atoms with van der Waals surface area (Å²) in [6, 6.07) is 1.12. The monoisotopic (exact) mass is 513 g/mol. The predicted octanol–water partition coefficient (Wildman–Crippen LogP) is -0.765. The van der Waals surface area contributed by atoms with Crippen molar-refractivity contribution in [3.8, 4) is 5.75 Å². The number of hydrogen-bond acceptors (Lipinski definition) is 10. The fourth-order valence-corrected chi connectivity index (χ4v) is 5.78. The van der Waals surface area contributed by atoms with E-state index >= 15 is 0 Å². The molecule has 1 saturated carbocycles. The molecule has 37 heavy (non-hydrogen) atoms. The second kappa shape index (κ2) is 8.53. The second-order valence-corrected chi connectivity index (χ2v) is 9.98. The Labute approximate surface area is 211 Å².